The van der Waals surface area contributed by atoms with Crippen molar-refractivity contribution in [2.45, 2.75) is 43.9 Å². The lowest BCUT2D eigenvalue weighted by Crippen LogP contribution is -2.29. The predicted molar refractivity (Wildman–Crippen MR) is 92.0 cm³/mol. The molecule has 9 heteroatoms. The molecule has 0 N–H and O–H groups in total. The second-order valence-electron chi connectivity index (χ2n) is 4.96. The molecule has 7 nitrogen and oxygen atoms in total. The molecule has 0 saturated heterocycles. The SMILES string of the molecule is CCCCCCSc1nn(C(=O)OCC)c(=NC(=O)N(C)C)s1. The molecule has 1 aromatic heterocycles. The molecule has 0 unspecified atom stereocenters. The zero-order valence-electron chi connectivity index (χ0n) is 14.1. The summed E-state index contributed by atoms with van der Waals surface area (Å²) in [6.07, 6.45) is 4.08. The van der Waals surface area contributed by atoms with E-state index in [0.29, 0.717) is 4.34 Å². The van der Waals surface area contributed by atoms with Gasteiger partial charge in [0.25, 0.3) is 0 Å². The van der Waals surface area contributed by atoms with Gasteiger partial charge in [-0.2, -0.15) is 4.99 Å². The van der Waals surface area contributed by atoms with Crippen LogP contribution < -0.4 is 4.80 Å². The first-order valence-electron chi connectivity index (χ1n) is 7.65. The Labute approximate surface area is 144 Å². The molecule has 1 aromatic rings. The number of hydrogen-bond donors (Lipinski definition) is 0. The third-order valence-electron chi connectivity index (χ3n) is 2.78. The molecule has 0 saturated carbocycles. The number of unbranched alkanes of at least 4 members (excludes halogenated alkanes) is 3. The van der Waals surface area contributed by atoms with Crippen molar-refractivity contribution in [3.8, 4) is 0 Å². The van der Waals surface area contributed by atoms with Gasteiger partial charge in [0, 0.05) is 19.8 Å². The van der Waals surface area contributed by atoms with E-state index in [9.17, 15) is 9.59 Å². The van der Waals surface area contributed by atoms with Crippen molar-refractivity contribution in [1.29, 1.82) is 0 Å². The van der Waals surface area contributed by atoms with Crippen LogP contribution >= 0.6 is 23.1 Å². The molecule has 0 atom stereocenters. The fourth-order valence-electron chi connectivity index (χ4n) is 1.57. The highest BCUT2D eigenvalue weighted by atomic mass is 32.2. The minimum Gasteiger partial charge on any atom is -0.448 e. The summed E-state index contributed by atoms with van der Waals surface area (Å²) in [5.74, 6) is 0.928. The maximum Gasteiger partial charge on any atom is 0.437 e. The maximum absolute atomic E-state index is 11.9. The number of carbonyl (C=O) groups is 2. The zero-order chi connectivity index (χ0) is 17.2. The fourth-order valence-corrected chi connectivity index (χ4v) is 3.54. The van der Waals surface area contributed by atoms with Gasteiger partial charge in [0.05, 0.1) is 6.61 Å². The van der Waals surface area contributed by atoms with Crippen molar-refractivity contribution in [2.75, 3.05) is 26.5 Å². The second-order valence-corrected chi connectivity index (χ2v) is 7.26. The Morgan fingerprint density at radius 2 is 2.04 bits per heavy atom. The third kappa shape index (κ3) is 6.74. The smallest absolute Gasteiger partial charge is 0.437 e. The molecule has 0 bridgehead atoms. The van der Waals surface area contributed by atoms with E-state index in [1.165, 1.54) is 35.5 Å². The van der Waals surface area contributed by atoms with Crippen LogP contribution in [0.1, 0.15) is 39.5 Å². The summed E-state index contributed by atoms with van der Waals surface area (Å²) in [4.78, 5) is 29.2. The predicted octanol–water partition coefficient (Wildman–Crippen LogP) is 3.20. The lowest BCUT2D eigenvalue weighted by molar-refractivity contribution is 0.149. The van der Waals surface area contributed by atoms with Gasteiger partial charge in [-0.25, -0.2) is 9.59 Å². The highest BCUT2D eigenvalue weighted by molar-refractivity contribution is 8.00. The number of nitrogens with zero attached hydrogens (tertiary/aromatic N) is 4. The summed E-state index contributed by atoms with van der Waals surface area (Å²) < 4.78 is 6.72. The molecule has 130 valence electrons. The van der Waals surface area contributed by atoms with E-state index in [1.807, 2.05) is 0 Å². The van der Waals surface area contributed by atoms with Crippen LogP contribution in [0.5, 0.6) is 0 Å². The molecule has 0 aliphatic rings. The number of thioether (sulfide) groups is 1. The van der Waals surface area contributed by atoms with Gasteiger partial charge >= 0.3 is 12.1 Å². The third-order valence-corrected chi connectivity index (χ3v) is 4.91. The van der Waals surface area contributed by atoms with E-state index in [2.05, 4.69) is 17.0 Å². The van der Waals surface area contributed by atoms with Crippen LogP contribution in [0.15, 0.2) is 9.33 Å². The summed E-state index contributed by atoms with van der Waals surface area (Å²) in [6, 6.07) is -0.439. The highest BCUT2D eigenvalue weighted by Crippen LogP contribution is 2.20. The van der Waals surface area contributed by atoms with Crippen LogP contribution in [0, 0.1) is 0 Å². The second kappa shape index (κ2) is 10.4. The van der Waals surface area contributed by atoms with Crippen molar-refractivity contribution < 1.29 is 14.3 Å². The van der Waals surface area contributed by atoms with E-state index in [-0.39, 0.29) is 11.4 Å². The maximum atomic E-state index is 11.9. The normalized spacial score (nSPS) is 11.6. The van der Waals surface area contributed by atoms with Gasteiger partial charge in [-0.3, -0.25) is 0 Å². The molecule has 0 aliphatic heterocycles. The van der Waals surface area contributed by atoms with Crippen LogP contribution in [0.2, 0.25) is 0 Å². The summed E-state index contributed by atoms with van der Waals surface area (Å²) in [5.41, 5.74) is 0. The topological polar surface area (TPSA) is 76.8 Å². The Kier molecular flexibility index (Phi) is 8.93. The van der Waals surface area contributed by atoms with Crippen LogP contribution in [-0.4, -0.2) is 53.3 Å². The van der Waals surface area contributed by atoms with Crippen LogP contribution in [-0.2, 0) is 4.74 Å². The van der Waals surface area contributed by atoms with E-state index in [1.54, 1.807) is 32.8 Å². The van der Waals surface area contributed by atoms with Crippen molar-refractivity contribution >= 4 is 35.2 Å². The fraction of sp³-hybridized carbons (Fsp3) is 0.714. The minimum absolute atomic E-state index is 0.234. The van der Waals surface area contributed by atoms with Crippen LogP contribution in [0.3, 0.4) is 0 Å². The first-order valence-corrected chi connectivity index (χ1v) is 9.45. The largest absolute Gasteiger partial charge is 0.448 e. The average molecular weight is 361 g/mol. The molecule has 23 heavy (non-hydrogen) atoms. The minimum atomic E-state index is -0.619. The van der Waals surface area contributed by atoms with Crippen LogP contribution in [0.4, 0.5) is 9.59 Å². The van der Waals surface area contributed by atoms with E-state index < -0.39 is 12.1 Å². The first kappa shape index (κ1) is 19.7. The monoisotopic (exact) mass is 360 g/mol. The molecule has 0 fully saturated rings. The van der Waals surface area contributed by atoms with Crippen LogP contribution in [0.25, 0.3) is 0 Å². The van der Waals surface area contributed by atoms with Crippen molar-refractivity contribution in [2.24, 2.45) is 4.99 Å². The zero-order valence-corrected chi connectivity index (χ0v) is 15.7. The summed E-state index contributed by atoms with van der Waals surface area (Å²) in [6.45, 7) is 4.13. The number of ether oxygens (including phenoxy) is 1. The first-order chi connectivity index (χ1) is 11.0. The van der Waals surface area contributed by atoms with Crippen molar-refractivity contribution in [3.05, 3.63) is 4.80 Å². The number of urea groups is 1. The lowest BCUT2D eigenvalue weighted by Gasteiger charge is -2.04. The Hall–Kier alpha value is -1.35. The molecule has 0 spiro atoms. The standard InChI is InChI=1S/C14H24N4O3S2/c1-5-7-8-9-10-22-13-16-18(14(20)21-6-2)12(23-13)15-11(19)17(3)4/h5-10H2,1-4H3. The quantitative estimate of drug-likeness (QED) is 0.551. The molecular weight excluding hydrogens is 336 g/mol. The van der Waals surface area contributed by atoms with Gasteiger partial charge in [0.1, 0.15) is 0 Å². The average Bonchev–Trinajstić information content (AvgIpc) is 2.90. The summed E-state index contributed by atoms with van der Waals surface area (Å²) in [7, 11) is 3.20. The van der Waals surface area contributed by atoms with Crippen molar-refractivity contribution in [3.63, 3.8) is 0 Å². The number of aromatic nitrogens is 2. The van der Waals surface area contributed by atoms with Gasteiger partial charge in [0.2, 0.25) is 4.80 Å². The Bertz CT molecular complexity index is 581. The van der Waals surface area contributed by atoms with E-state index in [4.69, 9.17) is 4.74 Å². The lowest BCUT2D eigenvalue weighted by atomic mass is 10.2. The molecule has 0 radical (unpaired) electrons. The number of rotatable bonds is 7. The van der Waals surface area contributed by atoms with E-state index in [0.717, 1.165) is 16.9 Å². The summed E-state index contributed by atoms with van der Waals surface area (Å²) in [5, 5.41) is 4.22. The molecule has 0 aromatic carbocycles. The van der Waals surface area contributed by atoms with Gasteiger partial charge in [-0.15, -0.1) is 9.78 Å². The Morgan fingerprint density at radius 1 is 1.30 bits per heavy atom. The number of carbonyl (C=O) groups excluding carboxylic acids is 2. The molecule has 0 aliphatic carbocycles. The van der Waals surface area contributed by atoms with E-state index >= 15 is 0 Å². The molecule has 2 amide bonds. The number of amides is 2. The van der Waals surface area contributed by atoms with Crippen molar-refractivity contribution in [1.82, 2.24) is 14.7 Å². The number of hydrogen-bond acceptors (Lipinski definition) is 6. The highest BCUT2D eigenvalue weighted by Gasteiger charge is 2.15. The van der Waals surface area contributed by atoms with Gasteiger partial charge in [-0.1, -0.05) is 49.3 Å². The molecular formula is C14H24N4O3S2. The van der Waals surface area contributed by atoms with Gasteiger partial charge in [-0.05, 0) is 13.3 Å². The van der Waals surface area contributed by atoms with Gasteiger partial charge < -0.3 is 9.64 Å². The Morgan fingerprint density at radius 3 is 2.65 bits per heavy atom. The molecule has 1 heterocycles. The Balaban J connectivity index is 2.89. The summed E-state index contributed by atoms with van der Waals surface area (Å²) >= 11 is 2.79. The van der Waals surface area contributed by atoms with Gasteiger partial charge in [0.15, 0.2) is 4.34 Å². The molecule has 1 rings (SSSR count).